The molecule has 0 aliphatic heterocycles. The quantitative estimate of drug-likeness (QED) is 0.451. The van der Waals surface area contributed by atoms with E-state index in [0.29, 0.717) is 6.42 Å². The van der Waals surface area contributed by atoms with Crippen molar-refractivity contribution in [1.82, 2.24) is 0 Å². The van der Waals surface area contributed by atoms with Crippen LogP contribution in [-0.4, -0.2) is 27.8 Å². The minimum absolute atomic E-state index is 0.0972. The van der Waals surface area contributed by atoms with Crippen LogP contribution in [0.15, 0.2) is 0 Å². The fraction of sp³-hybridized carbons (Fsp3) is 0.750. The molecule has 6 nitrogen and oxygen atoms in total. The first kappa shape index (κ1) is 11.5. The van der Waals surface area contributed by atoms with Crippen molar-refractivity contribution in [3.63, 3.8) is 0 Å². The minimum atomic E-state index is -1.83. The number of hydrogen-bond acceptors (Lipinski definition) is 3. The van der Waals surface area contributed by atoms with E-state index in [1.54, 1.807) is 6.92 Å². The zero-order valence-electron chi connectivity index (χ0n) is 5.48. The van der Waals surface area contributed by atoms with Crippen LogP contribution in [0.5, 0.6) is 0 Å². The summed E-state index contributed by atoms with van der Waals surface area (Å²) in [5, 5.41) is 23.3. The summed E-state index contributed by atoms with van der Waals surface area (Å²) < 4.78 is 0. The first-order valence-electron chi connectivity index (χ1n) is 2.54. The van der Waals surface area contributed by atoms with Crippen molar-refractivity contribution < 1.29 is 19.9 Å². The molecule has 0 unspecified atom stereocenters. The van der Waals surface area contributed by atoms with Gasteiger partial charge < -0.3 is 10.2 Å². The Morgan fingerprint density at radius 3 is 1.90 bits per heavy atom. The van der Waals surface area contributed by atoms with Crippen LogP contribution in [0, 0.1) is 10.1 Å². The van der Waals surface area contributed by atoms with E-state index >= 15 is 0 Å². The average molecular weight is 151 g/mol. The first-order chi connectivity index (χ1) is 4.50. The molecule has 0 atom stereocenters. The predicted molar refractivity (Wildman–Crippen MR) is 32.8 cm³/mol. The Labute approximate surface area is 57.2 Å². The molecular weight excluding hydrogens is 142 g/mol. The number of carbonyl (C=O) groups is 1. The lowest BCUT2D eigenvalue weighted by Gasteiger charge is -1.80. The zero-order chi connectivity index (χ0) is 8.57. The molecule has 0 aromatic heterocycles. The highest BCUT2D eigenvalue weighted by Crippen LogP contribution is 1.72. The normalized spacial score (nSPS) is 7.30. The molecule has 0 saturated heterocycles. The van der Waals surface area contributed by atoms with E-state index in [9.17, 15) is 10.1 Å². The first-order valence-corrected chi connectivity index (χ1v) is 2.54. The standard InChI is InChI=1S/C3H7NO2.CH2O3/c1-2-3-4(5)6;2-1(3)4/h2-3H2,1H3;(H2,2,3,4). The monoisotopic (exact) mass is 151 g/mol. The lowest BCUT2D eigenvalue weighted by atomic mass is 10.5. The summed E-state index contributed by atoms with van der Waals surface area (Å²) in [6, 6.07) is 0. The van der Waals surface area contributed by atoms with Gasteiger partial charge in [0.2, 0.25) is 6.54 Å². The molecule has 0 heterocycles. The van der Waals surface area contributed by atoms with Gasteiger partial charge in [-0.2, -0.15) is 0 Å². The van der Waals surface area contributed by atoms with Gasteiger partial charge >= 0.3 is 6.16 Å². The molecule has 60 valence electrons. The zero-order valence-corrected chi connectivity index (χ0v) is 5.48. The van der Waals surface area contributed by atoms with Crippen molar-refractivity contribution in [3.8, 4) is 0 Å². The topological polar surface area (TPSA) is 101 Å². The molecule has 0 aliphatic carbocycles. The lowest BCUT2D eigenvalue weighted by molar-refractivity contribution is -0.479. The van der Waals surface area contributed by atoms with E-state index in [0.717, 1.165) is 0 Å². The highest BCUT2D eigenvalue weighted by Gasteiger charge is 1.85. The Hall–Kier alpha value is -1.33. The smallest absolute Gasteiger partial charge is 0.450 e. The van der Waals surface area contributed by atoms with Crippen LogP contribution in [-0.2, 0) is 0 Å². The highest BCUT2D eigenvalue weighted by molar-refractivity contribution is 5.53. The molecular formula is C4H9NO5. The van der Waals surface area contributed by atoms with E-state index in [4.69, 9.17) is 15.0 Å². The van der Waals surface area contributed by atoms with E-state index < -0.39 is 6.16 Å². The van der Waals surface area contributed by atoms with Gasteiger partial charge in [0.1, 0.15) is 0 Å². The van der Waals surface area contributed by atoms with Crippen molar-refractivity contribution in [1.29, 1.82) is 0 Å². The fourth-order valence-corrected chi connectivity index (χ4v) is 0.183. The van der Waals surface area contributed by atoms with Crippen molar-refractivity contribution >= 4 is 6.16 Å². The van der Waals surface area contributed by atoms with Gasteiger partial charge in [0, 0.05) is 11.3 Å². The highest BCUT2D eigenvalue weighted by atomic mass is 16.6. The second kappa shape index (κ2) is 7.67. The number of hydrogen-bond donors (Lipinski definition) is 2. The maximum Gasteiger partial charge on any atom is 0.503 e. The van der Waals surface area contributed by atoms with Gasteiger partial charge in [-0.15, -0.1) is 0 Å². The van der Waals surface area contributed by atoms with Crippen LogP contribution >= 0.6 is 0 Å². The third-order valence-electron chi connectivity index (χ3n) is 0.406. The largest absolute Gasteiger partial charge is 0.503 e. The average Bonchev–Trinajstić information content (AvgIpc) is 1.62. The Morgan fingerprint density at radius 2 is 1.90 bits per heavy atom. The van der Waals surface area contributed by atoms with E-state index in [1.807, 2.05) is 0 Å². The molecule has 0 amide bonds. The SMILES string of the molecule is CCC[N+](=O)[O-].O=C(O)O. The van der Waals surface area contributed by atoms with Gasteiger partial charge in [0.05, 0.1) is 0 Å². The molecule has 0 bridgehead atoms. The third-order valence-corrected chi connectivity index (χ3v) is 0.406. The minimum Gasteiger partial charge on any atom is -0.450 e. The van der Waals surface area contributed by atoms with Crippen molar-refractivity contribution in [2.45, 2.75) is 13.3 Å². The third kappa shape index (κ3) is 76.9. The molecule has 2 N–H and O–H groups in total. The maximum absolute atomic E-state index is 9.40. The number of carboxylic acid groups (broad SMARTS) is 2. The second-order valence-corrected chi connectivity index (χ2v) is 1.34. The van der Waals surface area contributed by atoms with Crippen molar-refractivity contribution in [3.05, 3.63) is 10.1 Å². The molecule has 0 rings (SSSR count). The summed E-state index contributed by atoms with van der Waals surface area (Å²) in [6.07, 6.45) is -1.20. The fourth-order valence-electron chi connectivity index (χ4n) is 0.183. The summed E-state index contributed by atoms with van der Waals surface area (Å²) >= 11 is 0. The van der Waals surface area contributed by atoms with Crippen LogP contribution in [0.4, 0.5) is 4.79 Å². The Balaban J connectivity index is 0. The van der Waals surface area contributed by atoms with Gasteiger partial charge in [0.25, 0.3) is 0 Å². The summed E-state index contributed by atoms with van der Waals surface area (Å²) in [5.41, 5.74) is 0. The molecule has 0 fully saturated rings. The Bertz CT molecular complexity index is 108. The molecule has 6 heteroatoms. The maximum atomic E-state index is 9.40. The summed E-state index contributed by atoms with van der Waals surface area (Å²) in [6.45, 7) is 1.88. The number of rotatable bonds is 2. The van der Waals surface area contributed by atoms with Crippen molar-refractivity contribution in [2.75, 3.05) is 6.54 Å². The Kier molecular flexibility index (Phi) is 8.79. The summed E-state index contributed by atoms with van der Waals surface area (Å²) in [7, 11) is 0. The van der Waals surface area contributed by atoms with Gasteiger partial charge in [-0.1, -0.05) is 6.92 Å². The van der Waals surface area contributed by atoms with Crippen LogP contribution < -0.4 is 0 Å². The molecule has 0 spiro atoms. The van der Waals surface area contributed by atoms with E-state index in [1.165, 1.54) is 0 Å². The number of nitrogens with zero attached hydrogens (tertiary/aromatic N) is 1. The number of nitro groups is 1. The van der Waals surface area contributed by atoms with Gasteiger partial charge in [-0.25, -0.2) is 4.79 Å². The van der Waals surface area contributed by atoms with E-state index in [-0.39, 0.29) is 11.5 Å². The van der Waals surface area contributed by atoms with Crippen LogP contribution in [0.1, 0.15) is 13.3 Å². The van der Waals surface area contributed by atoms with Crippen LogP contribution in [0.2, 0.25) is 0 Å². The molecule has 0 saturated carbocycles. The van der Waals surface area contributed by atoms with Crippen LogP contribution in [0.3, 0.4) is 0 Å². The molecule has 0 aromatic carbocycles. The molecule has 0 aliphatic rings. The lowest BCUT2D eigenvalue weighted by Crippen LogP contribution is -1.96. The van der Waals surface area contributed by atoms with E-state index in [2.05, 4.69) is 0 Å². The van der Waals surface area contributed by atoms with Crippen LogP contribution in [0.25, 0.3) is 0 Å². The molecule has 0 radical (unpaired) electrons. The Morgan fingerprint density at radius 1 is 1.60 bits per heavy atom. The summed E-state index contributed by atoms with van der Waals surface area (Å²) in [4.78, 5) is 17.6. The van der Waals surface area contributed by atoms with Crippen molar-refractivity contribution in [2.24, 2.45) is 0 Å². The molecule has 10 heavy (non-hydrogen) atoms. The van der Waals surface area contributed by atoms with Gasteiger partial charge in [0.15, 0.2) is 0 Å². The van der Waals surface area contributed by atoms with Gasteiger partial charge in [-0.3, -0.25) is 10.1 Å². The van der Waals surface area contributed by atoms with Gasteiger partial charge in [-0.05, 0) is 0 Å². The second-order valence-electron chi connectivity index (χ2n) is 1.34. The predicted octanol–water partition coefficient (Wildman–Crippen LogP) is 0.895. The summed E-state index contributed by atoms with van der Waals surface area (Å²) in [5.74, 6) is 0. The molecule has 0 aromatic rings.